The van der Waals surface area contributed by atoms with Crippen molar-refractivity contribution in [1.29, 1.82) is 0 Å². The van der Waals surface area contributed by atoms with E-state index in [0.717, 1.165) is 28.7 Å². The van der Waals surface area contributed by atoms with Crippen LogP contribution in [0.15, 0.2) is 35.2 Å². The van der Waals surface area contributed by atoms with Crippen LogP contribution in [0.5, 0.6) is 5.75 Å². The fraction of sp³-hybridized carbons (Fsp3) is 0.409. The minimum absolute atomic E-state index is 0.0687. The predicted molar refractivity (Wildman–Crippen MR) is 114 cm³/mol. The van der Waals surface area contributed by atoms with E-state index < -0.39 is 16.1 Å². The van der Waals surface area contributed by atoms with Gasteiger partial charge < -0.3 is 10.1 Å². The Labute approximate surface area is 172 Å². The Balaban J connectivity index is 2.12. The summed E-state index contributed by atoms with van der Waals surface area (Å²) in [7, 11) is -3.90. The fourth-order valence-corrected chi connectivity index (χ4v) is 5.66. The SMILES string of the molecule is CCCNC(=O)[C@H]1CN(S(=O)(=O)c2c(C)c(C)cc(C)c2C)c2ccccc2O1. The number of para-hydroxylation sites is 2. The van der Waals surface area contributed by atoms with Crippen molar-refractivity contribution in [3.05, 3.63) is 52.6 Å². The average Bonchev–Trinajstić information content (AvgIpc) is 2.69. The molecule has 0 aromatic heterocycles. The van der Waals surface area contributed by atoms with Crippen molar-refractivity contribution in [3.8, 4) is 5.75 Å². The second-order valence-corrected chi connectivity index (χ2v) is 9.29. The summed E-state index contributed by atoms with van der Waals surface area (Å²) in [4.78, 5) is 12.9. The first-order valence-electron chi connectivity index (χ1n) is 9.82. The highest BCUT2D eigenvalue weighted by atomic mass is 32.2. The highest BCUT2D eigenvalue weighted by Gasteiger charge is 2.38. The number of anilines is 1. The van der Waals surface area contributed by atoms with Crippen molar-refractivity contribution in [1.82, 2.24) is 5.32 Å². The van der Waals surface area contributed by atoms with Crippen molar-refractivity contribution in [2.75, 3.05) is 17.4 Å². The van der Waals surface area contributed by atoms with Crippen molar-refractivity contribution in [2.45, 2.75) is 52.0 Å². The molecule has 1 N–H and O–H groups in total. The molecule has 1 heterocycles. The molecule has 0 saturated carbocycles. The number of amides is 1. The Kier molecular flexibility index (Phi) is 5.89. The van der Waals surface area contributed by atoms with Crippen LogP contribution in [0.2, 0.25) is 0 Å². The van der Waals surface area contributed by atoms with E-state index in [9.17, 15) is 13.2 Å². The molecule has 0 fully saturated rings. The van der Waals surface area contributed by atoms with Crippen molar-refractivity contribution < 1.29 is 17.9 Å². The topological polar surface area (TPSA) is 75.7 Å². The first kappa shape index (κ1) is 21.2. The van der Waals surface area contributed by atoms with E-state index >= 15 is 0 Å². The van der Waals surface area contributed by atoms with Gasteiger partial charge in [-0.05, 0) is 68.5 Å². The number of sulfonamides is 1. The molecule has 0 unspecified atom stereocenters. The lowest BCUT2D eigenvalue weighted by molar-refractivity contribution is -0.127. The first-order chi connectivity index (χ1) is 13.7. The van der Waals surface area contributed by atoms with E-state index in [1.807, 2.05) is 40.7 Å². The summed E-state index contributed by atoms with van der Waals surface area (Å²) in [6.07, 6.45) is -0.115. The zero-order chi connectivity index (χ0) is 21.3. The van der Waals surface area contributed by atoms with Gasteiger partial charge in [0.25, 0.3) is 15.9 Å². The number of carbonyl (C=O) groups excluding carboxylic acids is 1. The summed E-state index contributed by atoms with van der Waals surface area (Å²) >= 11 is 0. The standard InChI is InChI=1S/C22H28N2O4S/c1-6-11-23-22(25)20-13-24(18-9-7-8-10-19(18)28-20)29(26,27)21-16(4)14(2)12-15(3)17(21)5/h7-10,12,20H,6,11,13H2,1-5H3,(H,23,25)/t20-/m1/s1. The van der Waals surface area contributed by atoms with Crippen LogP contribution < -0.4 is 14.4 Å². The molecular formula is C22H28N2O4S. The number of carbonyl (C=O) groups is 1. The van der Waals surface area contributed by atoms with E-state index in [2.05, 4.69) is 5.32 Å². The highest BCUT2D eigenvalue weighted by Crippen LogP contribution is 2.38. The van der Waals surface area contributed by atoms with E-state index in [0.29, 0.717) is 22.9 Å². The largest absolute Gasteiger partial charge is 0.476 e. The number of fused-ring (bicyclic) bond motifs is 1. The maximum absolute atomic E-state index is 13.8. The number of hydrogen-bond acceptors (Lipinski definition) is 4. The maximum Gasteiger partial charge on any atom is 0.265 e. The molecule has 2 aromatic rings. The molecule has 1 atom stereocenters. The zero-order valence-electron chi connectivity index (χ0n) is 17.6. The summed E-state index contributed by atoms with van der Waals surface area (Å²) in [6, 6.07) is 8.93. The van der Waals surface area contributed by atoms with Gasteiger partial charge in [-0.25, -0.2) is 8.42 Å². The van der Waals surface area contributed by atoms with Crippen molar-refractivity contribution >= 4 is 21.6 Å². The molecule has 7 heteroatoms. The molecule has 156 valence electrons. The molecule has 1 aliphatic rings. The second kappa shape index (κ2) is 8.06. The maximum atomic E-state index is 13.8. The van der Waals surface area contributed by atoms with Crippen LogP contribution in [-0.4, -0.2) is 33.5 Å². The van der Waals surface area contributed by atoms with Crippen LogP contribution in [0, 0.1) is 27.7 Å². The molecule has 2 aromatic carbocycles. The summed E-state index contributed by atoms with van der Waals surface area (Å²) in [6.45, 7) is 9.88. The lowest BCUT2D eigenvalue weighted by Gasteiger charge is -2.35. The van der Waals surface area contributed by atoms with Crippen LogP contribution in [0.1, 0.15) is 35.6 Å². The predicted octanol–water partition coefficient (Wildman–Crippen LogP) is 3.40. The zero-order valence-corrected chi connectivity index (χ0v) is 18.4. The van der Waals surface area contributed by atoms with Gasteiger partial charge in [-0.15, -0.1) is 0 Å². The Morgan fingerprint density at radius 3 is 2.38 bits per heavy atom. The minimum Gasteiger partial charge on any atom is -0.476 e. The van der Waals surface area contributed by atoms with Gasteiger partial charge in [0.2, 0.25) is 0 Å². The molecule has 0 saturated heterocycles. The number of aryl methyl sites for hydroxylation is 2. The van der Waals surface area contributed by atoms with Gasteiger partial charge in [0, 0.05) is 6.54 Å². The third-order valence-electron chi connectivity index (χ3n) is 5.42. The number of nitrogens with zero attached hydrogens (tertiary/aromatic N) is 1. The van der Waals surface area contributed by atoms with Crippen LogP contribution in [0.3, 0.4) is 0 Å². The smallest absolute Gasteiger partial charge is 0.265 e. The van der Waals surface area contributed by atoms with Gasteiger partial charge in [-0.1, -0.05) is 25.1 Å². The van der Waals surface area contributed by atoms with E-state index in [4.69, 9.17) is 4.74 Å². The normalized spacial score (nSPS) is 16.2. The quantitative estimate of drug-likeness (QED) is 0.811. The summed E-state index contributed by atoms with van der Waals surface area (Å²) in [5.41, 5.74) is 3.74. The third kappa shape index (κ3) is 3.83. The van der Waals surface area contributed by atoms with Gasteiger partial charge in [-0.2, -0.15) is 0 Å². The van der Waals surface area contributed by atoms with E-state index in [-0.39, 0.29) is 12.5 Å². The van der Waals surface area contributed by atoms with E-state index in [1.165, 1.54) is 4.31 Å². The number of rotatable bonds is 5. The Hall–Kier alpha value is -2.54. The monoisotopic (exact) mass is 416 g/mol. The van der Waals surface area contributed by atoms with Gasteiger partial charge in [-0.3, -0.25) is 9.10 Å². The molecule has 3 rings (SSSR count). The van der Waals surface area contributed by atoms with Gasteiger partial charge >= 0.3 is 0 Å². The van der Waals surface area contributed by atoms with Gasteiger partial charge in [0.1, 0.15) is 5.75 Å². The third-order valence-corrected chi connectivity index (χ3v) is 7.48. The first-order valence-corrected chi connectivity index (χ1v) is 11.3. The van der Waals surface area contributed by atoms with Crippen LogP contribution in [-0.2, 0) is 14.8 Å². The number of nitrogens with one attached hydrogen (secondary N) is 1. The van der Waals surface area contributed by atoms with Crippen molar-refractivity contribution in [3.63, 3.8) is 0 Å². The number of ether oxygens (including phenoxy) is 1. The summed E-state index contributed by atoms with van der Waals surface area (Å²) < 4.78 is 34.8. The molecule has 1 aliphatic heterocycles. The molecule has 0 radical (unpaired) electrons. The molecule has 0 bridgehead atoms. The van der Waals surface area contributed by atoms with Gasteiger partial charge in [0.05, 0.1) is 17.1 Å². The minimum atomic E-state index is -3.90. The molecule has 1 amide bonds. The highest BCUT2D eigenvalue weighted by molar-refractivity contribution is 7.93. The van der Waals surface area contributed by atoms with E-state index in [1.54, 1.807) is 24.3 Å². The molecule has 6 nitrogen and oxygen atoms in total. The summed E-state index contributed by atoms with van der Waals surface area (Å²) in [5.74, 6) is 0.0778. The Bertz CT molecular complexity index is 1020. The lowest BCUT2D eigenvalue weighted by atomic mass is 10.0. The van der Waals surface area contributed by atoms with Crippen LogP contribution in [0.4, 0.5) is 5.69 Å². The number of hydrogen-bond donors (Lipinski definition) is 1. The molecule has 29 heavy (non-hydrogen) atoms. The fourth-order valence-electron chi connectivity index (χ4n) is 3.61. The Morgan fingerprint density at radius 1 is 1.14 bits per heavy atom. The second-order valence-electron chi connectivity index (χ2n) is 7.49. The lowest BCUT2D eigenvalue weighted by Crippen LogP contribution is -2.51. The average molecular weight is 417 g/mol. The molecular weight excluding hydrogens is 388 g/mol. The van der Waals surface area contributed by atoms with Crippen LogP contribution >= 0.6 is 0 Å². The number of benzene rings is 2. The van der Waals surface area contributed by atoms with Crippen LogP contribution in [0.25, 0.3) is 0 Å². The summed E-state index contributed by atoms with van der Waals surface area (Å²) in [5, 5.41) is 2.80. The molecule has 0 aliphatic carbocycles. The van der Waals surface area contributed by atoms with Gasteiger partial charge in [0.15, 0.2) is 6.10 Å². The molecule has 0 spiro atoms. The van der Waals surface area contributed by atoms with Crippen molar-refractivity contribution in [2.24, 2.45) is 0 Å². The Morgan fingerprint density at radius 2 is 1.76 bits per heavy atom.